The lowest BCUT2D eigenvalue weighted by Crippen LogP contribution is -2.40. The maximum atomic E-state index is 9.75. The van der Waals surface area contributed by atoms with Crippen LogP contribution >= 0.6 is 0 Å². The van der Waals surface area contributed by atoms with E-state index in [9.17, 15) is 5.11 Å². The van der Waals surface area contributed by atoms with E-state index in [1.165, 1.54) is 0 Å². The monoisotopic (exact) mass is 186 g/mol. The lowest BCUT2D eigenvalue weighted by molar-refractivity contribution is 0.0621. The highest BCUT2D eigenvalue weighted by Gasteiger charge is 2.23. The molecule has 1 fully saturated rings. The smallest absolute Gasteiger partial charge is 0.0693 e. The van der Waals surface area contributed by atoms with Crippen LogP contribution in [0.25, 0.3) is 0 Å². The van der Waals surface area contributed by atoms with E-state index in [0.29, 0.717) is 5.92 Å². The second-order valence-corrected chi connectivity index (χ2v) is 3.90. The number of nitrogens with one attached hydrogen (secondary N) is 1. The minimum atomic E-state index is -0.149. The molecule has 1 saturated heterocycles. The minimum Gasteiger partial charge on any atom is -0.392 e. The predicted octanol–water partition coefficient (Wildman–Crippen LogP) is 0.299. The molecule has 0 saturated carbocycles. The van der Waals surface area contributed by atoms with Gasteiger partial charge in [0.15, 0.2) is 0 Å². The first kappa shape index (κ1) is 11.0. The van der Waals surface area contributed by atoms with Crippen LogP contribution in [0.3, 0.4) is 0 Å². The third kappa shape index (κ3) is 3.25. The molecule has 1 aliphatic rings. The first-order valence-electron chi connectivity index (χ1n) is 5.33. The summed E-state index contributed by atoms with van der Waals surface area (Å²) < 4.78 is 0. The van der Waals surface area contributed by atoms with Gasteiger partial charge in [0.05, 0.1) is 6.10 Å². The van der Waals surface area contributed by atoms with E-state index in [0.717, 1.165) is 39.0 Å². The first-order chi connectivity index (χ1) is 6.27. The second-order valence-electron chi connectivity index (χ2n) is 3.90. The summed E-state index contributed by atoms with van der Waals surface area (Å²) in [5.41, 5.74) is 0. The molecule has 0 aliphatic carbocycles. The normalized spacial score (nSPS) is 23.3. The summed E-state index contributed by atoms with van der Waals surface area (Å²) >= 11 is 0. The van der Waals surface area contributed by atoms with Crippen LogP contribution in [0.15, 0.2) is 0 Å². The van der Waals surface area contributed by atoms with Crippen molar-refractivity contribution in [2.45, 2.75) is 25.9 Å². The Labute approximate surface area is 81.1 Å². The summed E-state index contributed by atoms with van der Waals surface area (Å²) in [4.78, 5) is 2.45. The van der Waals surface area contributed by atoms with Gasteiger partial charge < -0.3 is 15.3 Å². The molecular formula is C10H22N2O. The zero-order valence-electron chi connectivity index (χ0n) is 8.79. The van der Waals surface area contributed by atoms with Gasteiger partial charge in [-0.05, 0) is 45.4 Å². The van der Waals surface area contributed by atoms with Crippen LogP contribution in [0, 0.1) is 5.92 Å². The average Bonchev–Trinajstić information content (AvgIpc) is 2.18. The molecule has 0 amide bonds. The van der Waals surface area contributed by atoms with Gasteiger partial charge in [-0.15, -0.1) is 0 Å². The quantitative estimate of drug-likeness (QED) is 0.663. The Bertz CT molecular complexity index is 133. The van der Waals surface area contributed by atoms with Crippen LogP contribution in [-0.4, -0.2) is 49.3 Å². The molecule has 1 atom stereocenters. The van der Waals surface area contributed by atoms with Crippen molar-refractivity contribution in [3.8, 4) is 0 Å². The van der Waals surface area contributed by atoms with E-state index in [-0.39, 0.29) is 6.10 Å². The highest BCUT2D eigenvalue weighted by molar-refractivity contribution is 4.77. The van der Waals surface area contributed by atoms with Gasteiger partial charge in [-0.3, -0.25) is 0 Å². The Morgan fingerprint density at radius 2 is 2.08 bits per heavy atom. The zero-order chi connectivity index (χ0) is 9.68. The largest absolute Gasteiger partial charge is 0.392 e. The summed E-state index contributed by atoms with van der Waals surface area (Å²) in [6.07, 6.45) is 2.15. The van der Waals surface area contributed by atoms with Gasteiger partial charge in [-0.25, -0.2) is 0 Å². The van der Waals surface area contributed by atoms with Gasteiger partial charge in [-0.1, -0.05) is 6.92 Å². The standard InChI is InChI=1S/C10H22N2O/c1-3-12-6-4-9(5-7-12)10(13)8-11-2/h9-11,13H,3-8H2,1-2H3. The number of hydrogen-bond donors (Lipinski definition) is 2. The Hall–Kier alpha value is -0.120. The van der Waals surface area contributed by atoms with Crippen molar-refractivity contribution < 1.29 is 5.11 Å². The van der Waals surface area contributed by atoms with Crippen molar-refractivity contribution >= 4 is 0 Å². The number of piperidine rings is 1. The molecule has 0 aromatic heterocycles. The summed E-state index contributed by atoms with van der Waals surface area (Å²) in [5, 5.41) is 12.8. The molecule has 13 heavy (non-hydrogen) atoms. The molecule has 0 spiro atoms. The van der Waals surface area contributed by atoms with Gasteiger partial charge in [0.25, 0.3) is 0 Å². The number of rotatable bonds is 4. The minimum absolute atomic E-state index is 0.149. The van der Waals surface area contributed by atoms with Crippen LogP contribution in [0.2, 0.25) is 0 Å². The fourth-order valence-electron chi connectivity index (χ4n) is 2.03. The number of likely N-dealkylation sites (tertiary alicyclic amines) is 1. The van der Waals surface area contributed by atoms with Crippen LogP contribution < -0.4 is 5.32 Å². The molecule has 0 aromatic rings. The van der Waals surface area contributed by atoms with Crippen molar-refractivity contribution in [3.63, 3.8) is 0 Å². The molecule has 3 heteroatoms. The fourth-order valence-corrected chi connectivity index (χ4v) is 2.03. The average molecular weight is 186 g/mol. The number of aliphatic hydroxyl groups excluding tert-OH is 1. The molecule has 3 nitrogen and oxygen atoms in total. The zero-order valence-corrected chi connectivity index (χ0v) is 8.79. The number of hydrogen-bond acceptors (Lipinski definition) is 3. The van der Waals surface area contributed by atoms with Gasteiger partial charge >= 0.3 is 0 Å². The summed E-state index contributed by atoms with van der Waals surface area (Å²) in [6.45, 7) is 6.39. The van der Waals surface area contributed by atoms with Crippen LogP contribution in [0.4, 0.5) is 0 Å². The summed E-state index contributed by atoms with van der Waals surface area (Å²) in [5.74, 6) is 0.509. The SMILES string of the molecule is CCN1CCC(C(O)CNC)CC1. The Morgan fingerprint density at radius 3 is 2.54 bits per heavy atom. The van der Waals surface area contributed by atoms with Crippen LogP contribution in [-0.2, 0) is 0 Å². The van der Waals surface area contributed by atoms with Crippen molar-refractivity contribution in [2.75, 3.05) is 33.2 Å². The third-order valence-electron chi connectivity index (χ3n) is 3.04. The first-order valence-corrected chi connectivity index (χ1v) is 5.33. The highest BCUT2D eigenvalue weighted by atomic mass is 16.3. The molecule has 1 aliphatic heterocycles. The Morgan fingerprint density at radius 1 is 1.46 bits per heavy atom. The Kier molecular flexibility index (Phi) is 4.70. The van der Waals surface area contributed by atoms with Gasteiger partial charge in [0.1, 0.15) is 0 Å². The van der Waals surface area contributed by atoms with Gasteiger partial charge in [-0.2, -0.15) is 0 Å². The van der Waals surface area contributed by atoms with Crippen molar-refractivity contribution in [1.29, 1.82) is 0 Å². The molecule has 1 unspecified atom stereocenters. The maximum Gasteiger partial charge on any atom is 0.0693 e. The van der Waals surface area contributed by atoms with Gasteiger partial charge in [0.2, 0.25) is 0 Å². The number of nitrogens with zero attached hydrogens (tertiary/aromatic N) is 1. The van der Waals surface area contributed by atoms with E-state index >= 15 is 0 Å². The summed E-state index contributed by atoms with van der Waals surface area (Å²) in [6, 6.07) is 0. The molecule has 1 rings (SSSR count). The maximum absolute atomic E-state index is 9.75. The molecule has 0 radical (unpaired) electrons. The molecule has 78 valence electrons. The van der Waals surface area contributed by atoms with E-state index in [4.69, 9.17) is 0 Å². The highest BCUT2D eigenvalue weighted by Crippen LogP contribution is 2.19. The van der Waals surface area contributed by atoms with Crippen molar-refractivity contribution in [1.82, 2.24) is 10.2 Å². The second kappa shape index (κ2) is 5.58. The molecule has 1 heterocycles. The number of aliphatic hydroxyl groups is 1. The van der Waals surface area contributed by atoms with E-state index in [2.05, 4.69) is 17.1 Å². The topological polar surface area (TPSA) is 35.5 Å². The van der Waals surface area contributed by atoms with Crippen molar-refractivity contribution in [2.24, 2.45) is 5.92 Å². The lowest BCUT2D eigenvalue weighted by atomic mass is 9.91. The van der Waals surface area contributed by atoms with Crippen LogP contribution in [0.5, 0.6) is 0 Å². The Balaban J connectivity index is 2.23. The van der Waals surface area contributed by atoms with Gasteiger partial charge in [0, 0.05) is 6.54 Å². The third-order valence-corrected chi connectivity index (χ3v) is 3.04. The van der Waals surface area contributed by atoms with Crippen LogP contribution in [0.1, 0.15) is 19.8 Å². The molecule has 2 N–H and O–H groups in total. The lowest BCUT2D eigenvalue weighted by Gasteiger charge is -2.33. The van der Waals surface area contributed by atoms with E-state index < -0.39 is 0 Å². The predicted molar refractivity (Wildman–Crippen MR) is 54.8 cm³/mol. The van der Waals surface area contributed by atoms with E-state index in [1.54, 1.807) is 0 Å². The molecule has 0 bridgehead atoms. The molecular weight excluding hydrogens is 164 g/mol. The van der Waals surface area contributed by atoms with Crippen molar-refractivity contribution in [3.05, 3.63) is 0 Å². The molecule has 0 aromatic carbocycles. The van der Waals surface area contributed by atoms with E-state index in [1.807, 2.05) is 7.05 Å². The fraction of sp³-hybridized carbons (Fsp3) is 1.00. The summed E-state index contributed by atoms with van der Waals surface area (Å²) in [7, 11) is 1.89. The number of likely N-dealkylation sites (N-methyl/N-ethyl adjacent to an activating group) is 1.